The van der Waals surface area contributed by atoms with Gasteiger partial charge in [0.15, 0.2) is 0 Å². The summed E-state index contributed by atoms with van der Waals surface area (Å²) >= 11 is 0. The predicted octanol–water partition coefficient (Wildman–Crippen LogP) is 2.54. The lowest BCUT2D eigenvalue weighted by molar-refractivity contribution is 0.189. The van der Waals surface area contributed by atoms with Gasteiger partial charge in [-0.3, -0.25) is 0 Å². The molecule has 2 heteroatoms. The van der Waals surface area contributed by atoms with Crippen LogP contribution in [0.4, 0.5) is 0 Å². The van der Waals surface area contributed by atoms with Crippen LogP contribution in [0.25, 0.3) is 0 Å². The average Bonchev–Trinajstić information content (AvgIpc) is 2.29. The van der Waals surface area contributed by atoms with Gasteiger partial charge in [-0.25, -0.2) is 0 Å². The molecule has 1 rings (SSSR count). The van der Waals surface area contributed by atoms with Gasteiger partial charge in [-0.05, 0) is 24.3 Å². The SMILES string of the molecule is COCCCC(N)C(C)c1ccccc1. The number of hydrogen-bond donors (Lipinski definition) is 1. The van der Waals surface area contributed by atoms with E-state index in [0.717, 1.165) is 19.4 Å². The van der Waals surface area contributed by atoms with E-state index in [0.29, 0.717) is 5.92 Å². The molecule has 2 nitrogen and oxygen atoms in total. The highest BCUT2D eigenvalue weighted by atomic mass is 16.5. The van der Waals surface area contributed by atoms with E-state index in [1.165, 1.54) is 5.56 Å². The van der Waals surface area contributed by atoms with Crippen molar-refractivity contribution in [3.8, 4) is 0 Å². The van der Waals surface area contributed by atoms with Crippen molar-refractivity contribution < 1.29 is 4.74 Å². The molecule has 15 heavy (non-hydrogen) atoms. The third-order valence-electron chi connectivity index (χ3n) is 2.85. The summed E-state index contributed by atoms with van der Waals surface area (Å²) in [6.07, 6.45) is 2.05. The molecule has 2 N–H and O–H groups in total. The number of methoxy groups -OCH3 is 1. The van der Waals surface area contributed by atoms with Gasteiger partial charge in [0, 0.05) is 19.8 Å². The van der Waals surface area contributed by atoms with E-state index in [9.17, 15) is 0 Å². The maximum Gasteiger partial charge on any atom is 0.0462 e. The maximum atomic E-state index is 6.13. The first kappa shape index (κ1) is 12.2. The summed E-state index contributed by atoms with van der Waals surface area (Å²) in [5.41, 5.74) is 7.46. The van der Waals surface area contributed by atoms with Crippen molar-refractivity contribution in [1.82, 2.24) is 0 Å². The van der Waals surface area contributed by atoms with Gasteiger partial charge in [0.25, 0.3) is 0 Å². The first-order valence-electron chi connectivity index (χ1n) is 5.55. The van der Waals surface area contributed by atoms with Crippen LogP contribution in [0.1, 0.15) is 31.2 Å². The molecule has 0 saturated heterocycles. The molecular formula is C13H21NO. The van der Waals surface area contributed by atoms with Crippen molar-refractivity contribution in [2.75, 3.05) is 13.7 Å². The number of ether oxygens (including phenoxy) is 1. The second-order valence-corrected chi connectivity index (χ2v) is 4.00. The summed E-state index contributed by atoms with van der Waals surface area (Å²) < 4.78 is 5.02. The molecule has 0 fully saturated rings. The topological polar surface area (TPSA) is 35.2 Å². The highest BCUT2D eigenvalue weighted by molar-refractivity contribution is 5.20. The summed E-state index contributed by atoms with van der Waals surface area (Å²) in [5.74, 6) is 0.419. The Hall–Kier alpha value is -0.860. The Morgan fingerprint density at radius 1 is 1.27 bits per heavy atom. The Morgan fingerprint density at radius 2 is 1.93 bits per heavy atom. The van der Waals surface area contributed by atoms with E-state index >= 15 is 0 Å². The molecule has 0 saturated carbocycles. The third kappa shape index (κ3) is 4.02. The first-order chi connectivity index (χ1) is 7.25. The van der Waals surface area contributed by atoms with Crippen LogP contribution in [-0.4, -0.2) is 19.8 Å². The normalized spacial score (nSPS) is 14.9. The highest BCUT2D eigenvalue weighted by Gasteiger charge is 2.13. The van der Waals surface area contributed by atoms with Gasteiger partial charge in [-0.1, -0.05) is 37.3 Å². The number of nitrogens with two attached hydrogens (primary N) is 1. The molecule has 0 aromatic heterocycles. The molecule has 0 amide bonds. The molecule has 1 aromatic carbocycles. The van der Waals surface area contributed by atoms with Crippen LogP contribution in [0.15, 0.2) is 30.3 Å². The molecule has 1 aromatic rings. The molecule has 0 aliphatic rings. The molecule has 0 spiro atoms. The van der Waals surface area contributed by atoms with E-state index in [-0.39, 0.29) is 6.04 Å². The van der Waals surface area contributed by atoms with Crippen LogP contribution in [0.2, 0.25) is 0 Å². The molecule has 0 aliphatic heterocycles. The van der Waals surface area contributed by atoms with Gasteiger partial charge in [0.2, 0.25) is 0 Å². The van der Waals surface area contributed by atoms with Crippen molar-refractivity contribution in [2.24, 2.45) is 5.73 Å². The summed E-state index contributed by atoms with van der Waals surface area (Å²) in [6.45, 7) is 2.99. The fraction of sp³-hybridized carbons (Fsp3) is 0.538. The second kappa shape index (κ2) is 6.59. The van der Waals surface area contributed by atoms with E-state index in [1.54, 1.807) is 7.11 Å². The monoisotopic (exact) mass is 207 g/mol. The van der Waals surface area contributed by atoms with Gasteiger partial charge in [-0.2, -0.15) is 0 Å². The zero-order valence-corrected chi connectivity index (χ0v) is 9.65. The van der Waals surface area contributed by atoms with Crippen LogP contribution in [0, 0.1) is 0 Å². The molecule has 0 heterocycles. The first-order valence-corrected chi connectivity index (χ1v) is 5.55. The smallest absolute Gasteiger partial charge is 0.0462 e. The Morgan fingerprint density at radius 3 is 2.53 bits per heavy atom. The summed E-state index contributed by atoms with van der Waals surface area (Å²) in [4.78, 5) is 0. The van der Waals surface area contributed by atoms with Crippen molar-refractivity contribution in [3.05, 3.63) is 35.9 Å². The number of rotatable bonds is 6. The van der Waals surface area contributed by atoms with Crippen LogP contribution in [-0.2, 0) is 4.74 Å². The van der Waals surface area contributed by atoms with Gasteiger partial charge in [0.05, 0.1) is 0 Å². The van der Waals surface area contributed by atoms with Gasteiger partial charge >= 0.3 is 0 Å². The molecular weight excluding hydrogens is 186 g/mol. The van der Waals surface area contributed by atoms with Crippen LogP contribution in [0.3, 0.4) is 0 Å². The van der Waals surface area contributed by atoms with E-state index in [1.807, 2.05) is 6.07 Å². The Balaban J connectivity index is 2.42. The Labute approximate surface area is 92.4 Å². The van der Waals surface area contributed by atoms with Crippen molar-refractivity contribution in [2.45, 2.75) is 31.7 Å². The summed E-state index contributed by atoms with van der Waals surface area (Å²) in [7, 11) is 1.73. The van der Waals surface area contributed by atoms with E-state index in [4.69, 9.17) is 10.5 Å². The average molecular weight is 207 g/mol. The maximum absolute atomic E-state index is 6.13. The Bertz CT molecular complexity index is 260. The predicted molar refractivity (Wildman–Crippen MR) is 63.9 cm³/mol. The lowest BCUT2D eigenvalue weighted by Crippen LogP contribution is -2.26. The largest absolute Gasteiger partial charge is 0.385 e. The minimum absolute atomic E-state index is 0.225. The minimum Gasteiger partial charge on any atom is -0.385 e. The second-order valence-electron chi connectivity index (χ2n) is 4.00. The molecule has 84 valence electrons. The quantitative estimate of drug-likeness (QED) is 0.728. The van der Waals surface area contributed by atoms with Gasteiger partial charge in [-0.15, -0.1) is 0 Å². The molecule has 2 unspecified atom stereocenters. The van der Waals surface area contributed by atoms with Crippen molar-refractivity contribution in [3.63, 3.8) is 0 Å². The fourth-order valence-electron chi connectivity index (χ4n) is 1.72. The highest BCUT2D eigenvalue weighted by Crippen LogP contribution is 2.20. The zero-order chi connectivity index (χ0) is 11.1. The number of benzene rings is 1. The zero-order valence-electron chi connectivity index (χ0n) is 9.65. The summed E-state index contributed by atoms with van der Waals surface area (Å²) in [6, 6.07) is 10.7. The van der Waals surface area contributed by atoms with E-state index < -0.39 is 0 Å². The van der Waals surface area contributed by atoms with Gasteiger partial charge in [0.1, 0.15) is 0 Å². The fourth-order valence-corrected chi connectivity index (χ4v) is 1.72. The lowest BCUT2D eigenvalue weighted by atomic mass is 9.91. The van der Waals surface area contributed by atoms with Gasteiger partial charge < -0.3 is 10.5 Å². The van der Waals surface area contributed by atoms with Crippen molar-refractivity contribution in [1.29, 1.82) is 0 Å². The summed E-state index contributed by atoms with van der Waals surface area (Å²) in [5, 5.41) is 0. The molecule has 0 bridgehead atoms. The van der Waals surface area contributed by atoms with Crippen molar-refractivity contribution >= 4 is 0 Å². The Kier molecular flexibility index (Phi) is 5.37. The minimum atomic E-state index is 0.225. The van der Waals surface area contributed by atoms with Crippen LogP contribution >= 0.6 is 0 Å². The standard InChI is InChI=1S/C13H21NO/c1-11(12-7-4-3-5-8-12)13(14)9-6-10-15-2/h3-5,7-8,11,13H,6,9-10,14H2,1-2H3. The molecule has 2 atom stereocenters. The van der Waals surface area contributed by atoms with Crippen LogP contribution < -0.4 is 5.73 Å². The molecule has 0 aliphatic carbocycles. The molecule has 0 radical (unpaired) electrons. The lowest BCUT2D eigenvalue weighted by Gasteiger charge is -2.20. The van der Waals surface area contributed by atoms with E-state index in [2.05, 4.69) is 31.2 Å². The van der Waals surface area contributed by atoms with Crippen LogP contribution in [0.5, 0.6) is 0 Å². The third-order valence-corrected chi connectivity index (χ3v) is 2.85. The number of hydrogen-bond acceptors (Lipinski definition) is 2.